The smallest absolute Gasteiger partial charge is 0.319 e. The highest BCUT2D eigenvalue weighted by atomic mass is 16.5. The summed E-state index contributed by atoms with van der Waals surface area (Å²) in [5, 5.41) is 15.5. The van der Waals surface area contributed by atoms with E-state index < -0.39 is 5.60 Å². The van der Waals surface area contributed by atoms with E-state index in [9.17, 15) is 9.90 Å². The summed E-state index contributed by atoms with van der Waals surface area (Å²) in [4.78, 5) is 11.8. The zero-order chi connectivity index (χ0) is 15.2. The van der Waals surface area contributed by atoms with Crippen molar-refractivity contribution in [3.63, 3.8) is 0 Å². The lowest BCUT2D eigenvalue weighted by molar-refractivity contribution is 0.0413. The van der Waals surface area contributed by atoms with E-state index in [0.29, 0.717) is 23.8 Å². The van der Waals surface area contributed by atoms with Gasteiger partial charge in [0.2, 0.25) is 0 Å². The highest BCUT2D eigenvalue weighted by Crippen LogP contribution is 2.17. The van der Waals surface area contributed by atoms with Crippen LogP contribution in [0.4, 0.5) is 10.5 Å². The normalized spacial score (nSPS) is 13.7. The second kappa shape index (κ2) is 7.14. The van der Waals surface area contributed by atoms with Gasteiger partial charge in [0.15, 0.2) is 0 Å². The van der Waals surface area contributed by atoms with E-state index in [1.807, 2.05) is 13.8 Å². The van der Waals surface area contributed by atoms with Crippen molar-refractivity contribution in [2.75, 3.05) is 19.0 Å². The summed E-state index contributed by atoms with van der Waals surface area (Å²) in [5.74, 6) is 1.04. The first kappa shape index (κ1) is 16.3. The number of rotatable bonds is 6. The molecule has 0 spiro atoms. The van der Waals surface area contributed by atoms with E-state index in [1.165, 1.54) is 0 Å². The Hall–Kier alpha value is -1.75. The van der Waals surface area contributed by atoms with Crippen LogP contribution in [0.1, 0.15) is 27.2 Å². The number of carbonyl (C=O) groups excluding carboxylic acids is 1. The summed E-state index contributed by atoms with van der Waals surface area (Å²) < 4.78 is 5.08. The van der Waals surface area contributed by atoms with Crippen LogP contribution in [0.2, 0.25) is 0 Å². The molecule has 0 aliphatic rings. The van der Waals surface area contributed by atoms with Crippen LogP contribution in [-0.2, 0) is 0 Å². The molecule has 1 aromatic rings. The first-order valence-electron chi connectivity index (χ1n) is 6.74. The van der Waals surface area contributed by atoms with Gasteiger partial charge in [-0.2, -0.15) is 0 Å². The van der Waals surface area contributed by atoms with Gasteiger partial charge in [0.25, 0.3) is 0 Å². The minimum Gasteiger partial charge on any atom is -0.497 e. The standard InChI is InChI=1S/C15H24N2O3/c1-11(2)9-15(3,19)10-16-14(18)17-12-6-5-7-13(8-12)20-4/h5-8,11,19H,9-10H2,1-4H3,(H2,16,17,18). The van der Waals surface area contributed by atoms with E-state index in [4.69, 9.17) is 4.74 Å². The number of benzene rings is 1. The predicted octanol–water partition coefficient (Wildman–Crippen LogP) is 2.61. The van der Waals surface area contributed by atoms with Gasteiger partial charge < -0.3 is 20.5 Å². The van der Waals surface area contributed by atoms with Crippen LogP contribution in [0.3, 0.4) is 0 Å². The number of hydrogen-bond donors (Lipinski definition) is 3. The Morgan fingerprint density at radius 2 is 2.15 bits per heavy atom. The van der Waals surface area contributed by atoms with E-state index in [2.05, 4.69) is 10.6 Å². The number of methoxy groups -OCH3 is 1. The minimum atomic E-state index is -0.903. The Bertz CT molecular complexity index is 444. The van der Waals surface area contributed by atoms with Crippen LogP contribution in [0.15, 0.2) is 24.3 Å². The maximum atomic E-state index is 11.8. The highest BCUT2D eigenvalue weighted by Gasteiger charge is 2.22. The molecule has 5 heteroatoms. The monoisotopic (exact) mass is 280 g/mol. The lowest BCUT2D eigenvalue weighted by Gasteiger charge is -2.25. The van der Waals surface area contributed by atoms with Crippen molar-refractivity contribution in [2.24, 2.45) is 5.92 Å². The van der Waals surface area contributed by atoms with Gasteiger partial charge in [-0.25, -0.2) is 4.79 Å². The van der Waals surface area contributed by atoms with Crippen LogP contribution in [0, 0.1) is 5.92 Å². The molecule has 1 unspecified atom stereocenters. The third kappa shape index (κ3) is 5.93. The summed E-state index contributed by atoms with van der Waals surface area (Å²) in [6.45, 7) is 6.00. The summed E-state index contributed by atoms with van der Waals surface area (Å²) in [7, 11) is 1.57. The first-order valence-corrected chi connectivity index (χ1v) is 6.74. The number of carbonyl (C=O) groups is 1. The largest absolute Gasteiger partial charge is 0.497 e. The second-order valence-electron chi connectivity index (χ2n) is 5.63. The van der Waals surface area contributed by atoms with Gasteiger partial charge in [0.1, 0.15) is 5.75 Å². The number of ether oxygens (including phenoxy) is 1. The molecule has 0 fully saturated rings. The van der Waals surface area contributed by atoms with E-state index >= 15 is 0 Å². The molecule has 1 rings (SSSR count). The Labute approximate surface area is 120 Å². The Morgan fingerprint density at radius 1 is 1.45 bits per heavy atom. The zero-order valence-electron chi connectivity index (χ0n) is 12.6. The van der Waals surface area contributed by atoms with Gasteiger partial charge >= 0.3 is 6.03 Å². The van der Waals surface area contributed by atoms with Crippen molar-refractivity contribution in [1.29, 1.82) is 0 Å². The molecular formula is C15H24N2O3. The zero-order valence-corrected chi connectivity index (χ0v) is 12.6. The Kier molecular flexibility index (Phi) is 5.82. The van der Waals surface area contributed by atoms with E-state index in [-0.39, 0.29) is 12.6 Å². The summed E-state index contributed by atoms with van der Waals surface area (Å²) in [6, 6.07) is 6.75. The molecule has 0 bridgehead atoms. The van der Waals surface area contributed by atoms with Gasteiger partial charge in [-0.3, -0.25) is 0 Å². The van der Waals surface area contributed by atoms with Crippen molar-refractivity contribution >= 4 is 11.7 Å². The van der Waals surface area contributed by atoms with Gasteiger partial charge in [-0.1, -0.05) is 19.9 Å². The molecule has 1 aromatic carbocycles. The molecule has 1 atom stereocenters. The van der Waals surface area contributed by atoms with Gasteiger partial charge in [-0.05, 0) is 31.4 Å². The maximum absolute atomic E-state index is 11.8. The molecule has 0 aliphatic carbocycles. The van der Waals surface area contributed by atoms with Gasteiger partial charge in [-0.15, -0.1) is 0 Å². The molecule has 0 heterocycles. The molecule has 0 aromatic heterocycles. The predicted molar refractivity (Wildman–Crippen MR) is 80.1 cm³/mol. The van der Waals surface area contributed by atoms with Gasteiger partial charge in [0.05, 0.1) is 12.7 Å². The number of hydrogen-bond acceptors (Lipinski definition) is 3. The number of anilines is 1. The maximum Gasteiger partial charge on any atom is 0.319 e. The fraction of sp³-hybridized carbons (Fsp3) is 0.533. The molecule has 20 heavy (non-hydrogen) atoms. The van der Waals surface area contributed by atoms with E-state index in [1.54, 1.807) is 38.3 Å². The Balaban J connectivity index is 2.47. The second-order valence-corrected chi connectivity index (χ2v) is 5.63. The average Bonchev–Trinajstić information content (AvgIpc) is 2.35. The van der Waals surface area contributed by atoms with Crippen LogP contribution in [0.5, 0.6) is 5.75 Å². The molecule has 0 saturated heterocycles. The van der Waals surface area contributed by atoms with E-state index in [0.717, 1.165) is 0 Å². The van der Waals surface area contributed by atoms with Crippen LogP contribution in [-0.4, -0.2) is 30.4 Å². The third-order valence-corrected chi connectivity index (χ3v) is 2.81. The number of nitrogens with one attached hydrogen (secondary N) is 2. The van der Waals surface area contributed by atoms with Crippen molar-refractivity contribution in [2.45, 2.75) is 32.8 Å². The SMILES string of the molecule is COc1cccc(NC(=O)NCC(C)(O)CC(C)C)c1. The van der Waals surface area contributed by atoms with Gasteiger partial charge in [0, 0.05) is 18.3 Å². The van der Waals surface area contributed by atoms with Crippen LogP contribution in [0.25, 0.3) is 0 Å². The summed E-state index contributed by atoms with van der Waals surface area (Å²) >= 11 is 0. The molecule has 112 valence electrons. The lowest BCUT2D eigenvalue weighted by Crippen LogP contribution is -2.43. The first-order chi connectivity index (χ1) is 9.32. The topological polar surface area (TPSA) is 70.6 Å². The van der Waals surface area contributed by atoms with Crippen molar-refractivity contribution < 1.29 is 14.6 Å². The molecular weight excluding hydrogens is 256 g/mol. The average molecular weight is 280 g/mol. The summed E-state index contributed by atoms with van der Waals surface area (Å²) in [6.07, 6.45) is 0.631. The van der Waals surface area contributed by atoms with Crippen LogP contribution >= 0.6 is 0 Å². The Morgan fingerprint density at radius 3 is 2.75 bits per heavy atom. The lowest BCUT2D eigenvalue weighted by atomic mass is 9.94. The number of amides is 2. The molecule has 2 amide bonds. The third-order valence-electron chi connectivity index (χ3n) is 2.81. The van der Waals surface area contributed by atoms with Crippen molar-refractivity contribution in [3.05, 3.63) is 24.3 Å². The fourth-order valence-electron chi connectivity index (χ4n) is 2.10. The minimum absolute atomic E-state index is 0.209. The molecule has 5 nitrogen and oxygen atoms in total. The fourth-order valence-corrected chi connectivity index (χ4v) is 2.10. The number of aliphatic hydroxyl groups is 1. The van der Waals surface area contributed by atoms with Crippen molar-refractivity contribution in [1.82, 2.24) is 5.32 Å². The molecule has 3 N–H and O–H groups in total. The van der Waals surface area contributed by atoms with Crippen LogP contribution < -0.4 is 15.4 Å². The van der Waals surface area contributed by atoms with Crippen molar-refractivity contribution in [3.8, 4) is 5.75 Å². The summed E-state index contributed by atoms with van der Waals surface area (Å²) in [5.41, 5.74) is -0.259. The molecule has 0 saturated carbocycles. The molecule has 0 aliphatic heterocycles. The number of urea groups is 1. The highest BCUT2D eigenvalue weighted by molar-refractivity contribution is 5.89. The quantitative estimate of drug-likeness (QED) is 0.750. The molecule has 0 radical (unpaired) electrons.